The molecule has 0 aliphatic carbocycles. The van der Waals surface area contributed by atoms with Gasteiger partial charge in [0.25, 0.3) is 5.56 Å². The van der Waals surface area contributed by atoms with Gasteiger partial charge in [-0.25, -0.2) is 4.79 Å². The van der Waals surface area contributed by atoms with Crippen molar-refractivity contribution in [1.29, 1.82) is 0 Å². The Morgan fingerprint density at radius 3 is 2.29 bits per heavy atom. The van der Waals surface area contributed by atoms with Crippen LogP contribution in [0, 0.1) is 0 Å². The van der Waals surface area contributed by atoms with E-state index in [-0.39, 0.29) is 36.3 Å². The van der Waals surface area contributed by atoms with Gasteiger partial charge in [0.05, 0.1) is 18.8 Å². The summed E-state index contributed by atoms with van der Waals surface area (Å²) < 4.78 is 1.29. The molecule has 2 aromatic carbocycles. The van der Waals surface area contributed by atoms with Gasteiger partial charge in [0, 0.05) is 10.6 Å². The second-order valence-electron chi connectivity index (χ2n) is 7.60. The Labute approximate surface area is 204 Å². The first kappa shape index (κ1) is 23.6. The number of benzene rings is 2. The first-order chi connectivity index (χ1) is 16.5. The fraction of sp³-hybridized carbons (Fsp3) is 0.160. The summed E-state index contributed by atoms with van der Waals surface area (Å²) in [6.07, 6.45) is 0. The summed E-state index contributed by atoms with van der Waals surface area (Å²) in [6, 6.07) is 22.7. The Morgan fingerprint density at radius 2 is 1.65 bits per heavy atom. The van der Waals surface area contributed by atoms with E-state index in [1.165, 1.54) is 26.1 Å². The number of aromatic nitrogens is 2. The van der Waals surface area contributed by atoms with Gasteiger partial charge >= 0.3 is 5.69 Å². The number of aromatic amines is 1. The van der Waals surface area contributed by atoms with E-state index in [2.05, 4.69) is 4.98 Å². The van der Waals surface area contributed by atoms with Crippen molar-refractivity contribution in [2.45, 2.75) is 18.8 Å². The quantitative estimate of drug-likeness (QED) is 0.371. The molecule has 3 N–H and O–H groups in total. The van der Waals surface area contributed by atoms with Crippen molar-refractivity contribution in [3.05, 3.63) is 115 Å². The molecule has 4 rings (SSSR count). The molecule has 34 heavy (non-hydrogen) atoms. The predicted octanol–water partition coefficient (Wildman–Crippen LogP) is 3.70. The Morgan fingerprint density at radius 1 is 0.971 bits per heavy atom. The number of rotatable bonds is 9. The number of nitrogen functional groups attached to an aromatic ring is 1. The highest BCUT2D eigenvalue weighted by atomic mass is 32.2. The van der Waals surface area contributed by atoms with Gasteiger partial charge in [-0.05, 0) is 22.6 Å². The number of anilines is 2. The van der Waals surface area contributed by atoms with Crippen LogP contribution in [0.1, 0.15) is 16.0 Å². The van der Waals surface area contributed by atoms with Gasteiger partial charge in [-0.3, -0.25) is 24.0 Å². The normalized spacial score (nSPS) is 10.8. The standard InChI is InChI=1S/C25H24N4O3S2/c26-23-22(24(31)27-25(32)29(23)15-19-10-5-2-6-11-19)28(14-18-8-3-1-4-9-18)21(30)17-33-16-20-12-7-13-34-20/h1-13H,14-17,26H2,(H,27,31,32). The highest BCUT2D eigenvalue weighted by Gasteiger charge is 2.24. The van der Waals surface area contributed by atoms with Crippen molar-refractivity contribution >= 4 is 40.5 Å². The Kier molecular flexibility index (Phi) is 7.66. The molecule has 0 unspecified atom stereocenters. The molecular formula is C25H24N4O3S2. The average Bonchev–Trinajstić information content (AvgIpc) is 3.36. The van der Waals surface area contributed by atoms with Crippen molar-refractivity contribution in [1.82, 2.24) is 9.55 Å². The Hall–Kier alpha value is -3.56. The highest BCUT2D eigenvalue weighted by molar-refractivity contribution is 7.99. The van der Waals surface area contributed by atoms with E-state index >= 15 is 0 Å². The number of hydrogen-bond donors (Lipinski definition) is 2. The molecule has 7 nitrogen and oxygen atoms in total. The number of amides is 1. The molecule has 0 fully saturated rings. The minimum Gasteiger partial charge on any atom is -0.383 e. The van der Waals surface area contributed by atoms with E-state index < -0.39 is 11.2 Å². The number of hydrogen-bond acceptors (Lipinski definition) is 6. The van der Waals surface area contributed by atoms with Crippen LogP contribution in [-0.4, -0.2) is 21.2 Å². The maximum absolute atomic E-state index is 13.3. The lowest BCUT2D eigenvalue weighted by molar-refractivity contribution is -0.116. The molecule has 2 aromatic heterocycles. The van der Waals surface area contributed by atoms with E-state index in [0.717, 1.165) is 11.1 Å². The van der Waals surface area contributed by atoms with Gasteiger partial charge in [0.2, 0.25) is 5.91 Å². The molecule has 174 valence electrons. The first-order valence-corrected chi connectivity index (χ1v) is 12.7. The van der Waals surface area contributed by atoms with Gasteiger partial charge < -0.3 is 5.73 Å². The van der Waals surface area contributed by atoms with E-state index in [1.807, 2.05) is 78.2 Å². The van der Waals surface area contributed by atoms with Crippen LogP contribution in [0.5, 0.6) is 0 Å². The van der Waals surface area contributed by atoms with Gasteiger partial charge in [0.15, 0.2) is 5.69 Å². The van der Waals surface area contributed by atoms with E-state index in [4.69, 9.17) is 5.73 Å². The monoisotopic (exact) mass is 492 g/mol. The Balaban J connectivity index is 1.68. The number of nitrogens with one attached hydrogen (secondary N) is 1. The number of H-pyrrole nitrogens is 1. The summed E-state index contributed by atoms with van der Waals surface area (Å²) >= 11 is 3.10. The number of nitrogens with zero attached hydrogens (tertiary/aromatic N) is 2. The molecule has 9 heteroatoms. The molecule has 0 aliphatic heterocycles. The Bertz CT molecular complexity index is 1350. The SMILES string of the molecule is Nc1c(N(Cc2ccccc2)C(=O)CSCc2cccs2)c(=O)[nH]c(=O)n1Cc1ccccc1. The third-order valence-corrected chi connectivity index (χ3v) is 7.23. The molecule has 0 bridgehead atoms. The highest BCUT2D eigenvalue weighted by Crippen LogP contribution is 2.23. The molecule has 0 saturated heterocycles. The van der Waals surface area contributed by atoms with Gasteiger partial charge in [-0.1, -0.05) is 66.7 Å². The van der Waals surface area contributed by atoms with Crippen LogP contribution in [0.4, 0.5) is 11.5 Å². The van der Waals surface area contributed by atoms with Crippen molar-refractivity contribution < 1.29 is 4.79 Å². The minimum absolute atomic E-state index is 0.0129. The van der Waals surface area contributed by atoms with Crippen molar-refractivity contribution in [3.8, 4) is 0 Å². The second-order valence-corrected chi connectivity index (χ2v) is 9.62. The summed E-state index contributed by atoms with van der Waals surface area (Å²) in [5.74, 6) is 0.571. The summed E-state index contributed by atoms with van der Waals surface area (Å²) in [5.41, 5.74) is 6.76. The molecule has 4 aromatic rings. The molecule has 0 aliphatic rings. The van der Waals surface area contributed by atoms with Crippen molar-refractivity contribution in [2.75, 3.05) is 16.4 Å². The molecule has 0 atom stereocenters. The smallest absolute Gasteiger partial charge is 0.330 e. The van der Waals surface area contributed by atoms with E-state index in [0.29, 0.717) is 5.75 Å². The second kappa shape index (κ2) is 11.0. The molecule has 2 heterocycles. The predicted molar refractivity (Wildman–Crippen MR) is 139 cm³/mol. The largest absolute Gasteiger partial charge is 0.383 e. The summed E-state index contributed by atoms with van der Waals surface area (Å²) in [5, 5.41) is 2.00. The lowest BCUT2D eigenvalue weighted by atomic mass is 10.2. The lowest BCUT2D eigenvalue weighted by Crippen LogP contribution is -2.41. The molecule has 0 spiro atoms. The number of carbonyl (C=O) groups is 1. The number of thioether (sulfide) groups is 1. The van der Waals surface area contributed by atoms with Crippen LogP contribution in [0.15, 0.2) is 87.8 Å². The van der Waals surface area contributed by atoms with Crippen LogP contribution in [0.25, 0.3) is 0 Å². The maximum Gasteiger partial charge on any atom is 0.330 e. The zero-order valence-corrected chi connectivity index (χ0v) is 20.0. The summed E-state index contributed by atoms with van der Waals surface area (Å²) in [6.45, 7) is 0.339. The lowest BCUT2D eigenvalue weighted by Gasteiger charge is -2.24. The van der Waals surface area contributed by atoms with Crippen LogP contribution < -0.4 is 21.9 Å². The van der Waals surface area contributed by atoms with Crippen LogP contribution >= 0.6 is 23.1 Å². The van der Waals surface area contributed by atoms with Crippen LogP contribution in [0.3, 0.4) is 0 Å². The fourth-order valence-electron chi connectivity index (χ4n) is 3.53. The minimum atomic E-state index is -0.681. The third-order valence-electron chi connectivity index (χ3n) is 5.20. The zero-order chi connectivity index (χ0) is 23.9. The topological polar surface area (TPSA) is 101 Å². The van der Waals surface area contributed by atoms with Crippen LogP contribution in [0.2, 0.25) is 0 Å². The van der Waals surface area contributed by atoms with Crippen LogP contribution in [-0.2, 0) is 23.6 Å². The van der Waals surface area contributed by atoms with Gasteiger partial charge in [-0.2, -0.15) is 0 Å². The molecule has 0 saturated carbocycles. The molecule has 1 amide bonds. The number of carbonyl (C=O) groups excluding carboxylic acids is 1. The molecular weight excluding hydrogens is 468 g/mol. The third kappa shape index (κ3) is 5.67. The van der Waals surface area contributed by atoms with Gasteiger partial charge in [-0.15, -0.1) is 23.1 Å². The van der Waals surface area contributed by atoms with Crippen molar-refractivity contribution in [2.24, 2.45) is 0 Å². The summed E-state index contributed by atoms with van der Waals surface area (Å²) in [4.78, 5) is 43.7. The summed E-state index contributed by atoms with van der Waals surface area (Å²) in [7, 11) is 0. The maximum atomic E-state index is 13.3. The number of thiophene rings is 1. The van der Waals surface area contributed by atoms with Crippen molar-refractivity contribution in [3.63, 3.8) is 0 Å². The van der Waals surface area contributed by atoms with E-state index in [1.54, 1.807) is 11.3 Å². The first-order valence-electron chi connectivity index (χ1n) is 10.6. The zero-order valence-electron chi connectivity index (χ0n) is 18.3. The average molecular weight is 493 g/mol. The fourth-order valence-corrected chi connectivity index (χ4v) is 5.27. The molecule has 0 radical (unpaired) electrons. The number of nitrogens with two attached hydrogens (primary N) is 1. The van der Waals surface area contributed by atoms with E-state index in [9.17, 15) is 14.4 Å². The van der Waals surface area contributed by atoms with Gasteiger partial charge in [0.1, 0.15) is 5.82 Å².